The minimum Gasteiger partial charge on any atom is -0.496 e. The van der Waals surface area contributed by atoms with Gasteiger partial charge in [0.1, 0.15) is 5.75 Å². The zero-order chi connectivity index (χ0) is 17.3. The molecular formula is C19H25NO4. The highest BCUT2D eigenvalue weighted by atomic mass is 16.5. The summed E-state index contributed by atoms with van der Waals surface area (Å²) in [4.78, 5) is 24.0. The zero-order valence-electron chi connectivity index (χ0n) is 14.2. The SMILES string of the molecule is COc1ccccc1C(C)CC(=O)NC1C2CCC(C2)C1C(=O)O. The molecule has 5 heteroatoms. The van der Waals surface area contributed by atoms with Crippen LogP contribution in [0.4, 0.5) is 0 Å². The van der Waals surface area contributed by atoms with Crippen LogP contribution in [-0.4, -0.2) is 30.1 Å². The number of amides is 1. The summed E-state index contributed by atoms with van der Waals surface area (Å²) in [5.41, 5.74) is 0.998. The van der Waals surface area contributed by atoms with Gasteiger partial charge in [-0.3, -0.25) is 9.59 Å². The molecule has 3 rings (SSSR count). The Labute approximate surface area is 142 Å². The number of carboxylic acids is 1. The average Bonchev–Trinajstić information content (AvgIpc) is 3.15. The lowest BCUT2D eigenvalue weighted by Crippen LogP contribution is -2.47. The first-order valence-corrected chi connectivity index (χ1v) is 8.66. The van der Waals surface area contributed by atoms with Gasteiger partial charge in [0.15, 0.2) is 0 Å². The van der Waals surface area contributed by atoms with Gasteiger partial charge in [0.25, 0.3) is 0 Å². The Balaban J connectivity index is 1.64. The molecule has 0 aromatic heterocycles. The van der Waals surface area contributed by atoms with Crippen LogP contribution in [0.5, 0.6) is 5.75 Å². The summed E-state index contributed by atoms with van der Waals surface area (Å²) in [5.74, 6) is 0.0759. The highest BCUT2D eigenvalue weighted by Gasteiger charge is 2.51. The Morgan fingerprint density at radius 1 is 1.29 bits per heavy atom. The Kier molecular flexibility index (Phi) is 4.78. The van der Waals surface area contributed by atoms with Crippen LogP contribution in [0, 0.1) is 17.8 Å². The first-order valence-electron chi connectivity index (χ1n) is 8.66. The molecule has 2 fully saturated rings. The van der Waals surface area contributed by atoms with Crippen molar-refractivity contribution in [2.75, 3.05) is 7.11 Å². The monoisotopic (exact) mass is 331 g/mol. The molecule has 0 aliphatic heterocycles. The van der Waals surface area contributed by atoms with Crippen molar-refractivity contribution in [1.29, 1.82) is 0 Å². The largest absolute Gasteiger partial charge is 0.496 e. The number of carboxylic acid groups (broad SMARTS) is 1. The van der Waals surface area contributed by atoms with Crippen LogP contribution < -0.4 is 10.1 Å². The standard InChI is InChI=1S/C19H25NO4/c1-11(14-5-3-4-6-15(14)24-2)9-16(21)20-18-13-8-7-12(10-13)17(18)19(22)23/h3-6,11-13,17-18H,7-10H2,1-2H3,(H,20,21)(H,22,23). The molecule has 2 N–H and O–H groups in total. The van der Waals surface area contributed by atoms with E-state index in [2.05, 4.69) is 5.32 Å². The number of hydrogen-bond acceptors (Lipinski definition) is 3. The van der Waals surface area contributed by atoms with E-state index in [1.54, 1.807) is 7.11 Å². The molecule has 24 heavy (non-hydrogen) atoms. The van der Waals surface area contributed by atoms with E-state index in [4.69, 9.17) is 4.74 Å². The van der Waals surface area contributed by atoms with Crippen molar-refractivity contribution in [2.45, 2.75) is 44.6 Å². The number of ether oxygens (including phenoxy) is 1. The van der Waals surface area contributed by atoms with Gasteiger partial charge in [-0.15, -0.1) is 0 Å². The number of aliphatic carboxylic acids is 1. The predicted molar refractivity (Wildman–Crippen MR) is 89.9 cm³/mol. The number of methoxy groups -OCH3 is 1. The summed E-state index contributed by atoms with van der Waals surface area (Å²) in [6, 6.07) is 7.48. The van der Waals surface area contributed by atoms with E-state index in [-0.39, 0.29) is 23.8 Å². The van der Waals surface area contributed by atoms with Crippen molar-refractivity contribution in [1.82, 2.24) is 5.32 Å². The van der Waals surface area contributed by atoms with Crippen LogP contribution >= 0.6 is 0 Å². The summed E-state index contributed by atoms with van der Waals surface area (Å²) < 4.78 is 5.36. The number of carbonyl (C=O) groups excluding carboxylic acids is 1. The van der Waals surface area contributed by atoms with Gasteiger partial charge in [-0.25, -0.2) is 0 Å². The van der Waals surface area contributed by atoms with Crippen LogP contribution in [0.25, 0.3) is 0 Å². The fraction of sp³-hybridized carbons (Fsp3) is 0.579. The van der Waals surface area contributed by atoms with Crippen LogP contribution in [-0.2, 0) is 9.59 Å². The second-order valence-electron chi connectivity index (χ2n) is 7.14. The molecule has 5 atom stereocenters. The predicted octanol–water partition coefficient (Wildman–Crippen LogP) is 2.80. The first-order chi connectivity index (χ1) is 11.5. The third kappa shape index (κ3) is 3.12. The van der Waals surface area contributed by atoms with Crippen molar-refractivity contribution in [2.24, 2.45) is 17.8 Å². The van der Waals surface area contributed by atoms with Crippen molar-refractivity contribution >= 4 is 11.9 Å². The van der Waals surface area contributed by atoms with Crippen LogP contribution in [0.1, 0.15) is 44.1 Å². The fourth-order valence-corrected chi connectivity index (χ4v) is 4.56. The number of fused-ring (bicyclic) bond motifs is 2. The van der Waals surface area contributed by atoms with Gasteiger partial charge in [0.2, 0.25) is 5.91 Å². The van der Waals surface area contributed by atoms with E-state index in [0.29, 0.717) is 12.3 Å². The van der Waals surface area contributed by atoms with Gasteiger partial charge < -0.3 is 15.2 Å². The smallest absolute Gasteiger partial charge is 0.308 e. The highest BCUT2D eigenvalue weighted by molar-refractivity contribution is 5.79. The van der Waals surface area contributed by atoms with E-state index < -0.39 is 11.9 Å². The third-order valence-electron chi connectivity index (χ3n) is 5.69. The number of rotatable bonds is 6. The fourth-order valence-electron chi connectivity index (χ4n) is 4.56. The minimum absolute atomic E-state index is 0.0167. The quantitative estimate of drug-likeness (QED) is 0.840. The first kappa shape index (κ1) is 16.8. The molecular weight excluding hydrogens is 306 g/mol. The van der Waals surface area contributed by atoms with E-state index in [1.807, 2.05) is 31.2 Å². The topological polar surface area (TPSA) is 75.6 Å². The van der Waals surface area contributed by atoms with Gasteiger partial charge in [-0.05, 0) is 48.6 Å². The second-order valence-corrected chi connectivity index (χ2v) is 7.14. The molecule has 1 aromatic carbocycles. The lowest BCUT2D eigenvalue weighted by molar-refractivity contribution is -0.144. The average molecular weight is 331 g/mol. The van der Waals surface area contributed by atoms with Gasteiger partial charge in [0, 0.05) is 12.5 Å². The van der Waals surface area contributed by atoms with E-state index >= 15 is 0 Å². The van der Waals surface area contributed by atoms with Gasteiger partial charge in [-0.1, -0.05) is 25.1 Å². The van der Waals surface area contributed by atoms with Crippen LogP contribution in [0.2, 0.25) is 0 Å². The minimum atomic E-state index is -0.773. The summed E-state index contributed by atoms with van der Waals surface area (Å²) in [6.45, 7) is 1.99. The van der Waals surface area contributed by atoms with Gasteiger partial charge in [0.05, 0.1) is 13.0 Å². The van der Waals surface area contributed by atoms with Crippen molar-refractivity contribution in [3.05, 3.63) is 29.8 Å². The maximum Gasteiger partial charge on any atom is 0.308 e. The molecule has 1 aromatic rings. The third-order valence-corrected chi connectivity index (χ3v) is 5.69. The van der Waals surface area contributed by atoms with Crippen molar-refractivity contribution in [3.8, 4) is 5.75 Å². The molecule has 0 radical (unpaired) electrons. The second kappa shape index (κ2) is 6.83. The molecule has 2 aliphatic carbocycles. The van der Waals surface area contributed by atoms with E-state index in [9.17, 15) is 14.7 Å². The molecule has 2 bridgehead atoms. The molecule has 0 saturated heterocycles. The summed E-state index contributed by atoms with van der Waals surface area (Å²) >= 11 is 0. The lowest BCUT2D eigenvalue weighted by Gasteiger charge is -2.29. The molecule has 2 aliphatic rings. The summed E-state index contributed by atoms with van der Waals surface area (Å²) in [5, 5.41) is 12.5. The zero-order valence-corrected chi connectivity index (χ0v) is 14.2. The van der Waals surface area contributed by atoms with Crippen molar-refractivity contribution in [3.63, 3.8) is 0 Å². The van der Waals surface area contributed by atoms with Crippen molar-refractivity contribution < 1.29 is 19.4 Å². The number of hydrogen-bond donors (Lipinski definition) is 2. The Morgan fingerprint density at radius 3 is 2.71 bits per heavy atom. The molecule has 130 valence electrons. The van der Waals surface area contributed by atoms with E-state index in [1.165, 1.54) is 0 Å². The summed E-state index contributed by atoms with van der Waals surface area (Å²) in [6.07, 6.45) is 3.28. The lowest BCUT2D eigenvalue weighted by atomic mass is 9.84. The molecule has 2 saturated carbocycles. The van der Waals surface area contributed by atoms with E-state index in [0.717, 1.165) is 30.6 Å². The van der Waals surface area contributed by atoms with Gasteiger partial charge >= 0.3 is 5.97 Å². The van der Waals surface area contributed by atoms with Crippen LogP contribution in [0.15, 0.2) is 24.3 Å². The molecule has 0 heterocycles. The maximum absolute atomic E-state index is 12.5. The van der Waals surface area contributed by atoms with Gasteiger partial charge in [-0.2, -0.15) is 0 Å². The molecule has 5 nitrogen and oxygen atoms in total. The van der Waals surface area contributed by atoms with Crippen LogP contribution in [0.3, 0.4) is 0 Å². The number of benzene rings is 1. The number of carbonyl (C=O) groups is 2. The molecule has 0 spiro atoms. The summed E-state index contributed by atoms with van der Waals surface area (Å²) in [7, 11) is 1.62. The molecule has 5 unspecified atom stereocenters. The Morgan fingerprint density at radius 2 is 2.00 bits per heavy atom. The number of para-hydroxylation sites is 1. The number of nitrogens with one attached hydrogen (secondary N) is 1. The maximum atomic E-state index is 12.5. The Bertz CT molecular complexity index is 630. The molecule has 1 amide bonds. The normalized spacial score (nSPS) is 29.2. The highest BCUT2D eigenvalue weighted by Crippen LogP contribution is 2.48. The Hall–Kier alpha value is -2.04.